The fraction of sp³-hybridized carbons (Fsp3) is 0.778. The summed E-state index contributed by atoms with van der Waals surface area (Å²) in [6.45, 7) is 5.69. The van der Waals surface area contributed by atoms with Crippen molar-refractivity contribution in [3.63, 3.8) is 0 Å². The summed E-state index contributed by atoms with van der Waals surface area (Å²) in [5.74, 6) is -1.07. The van der Waals surface area contributed by atoms with E-state index in [0.29, 0.717) is 21.4 Å². The molecular weight excluding hydrogens is 262 g/mol. The fourth-order valence-corrected chi connectivity index (χ4v) is 1.72. The molecule has 0 aliphatic rings. The molecule has 0 rings (SSSR count). The Morgan fingerprint density at radius 3 is 2.47 bits per heavy atom. The summed E-state index contributed by atoms with van der Waals surface area (Å²) in [5, 5.41) is 14.2. The molecule has 3 N–H and O–H groups in total. The highest BCUT2D eigenvalue weighted by Gasteiger charge is 2.23. The average molecular weight is 282 g/mol. The first-order valence-corrected chi connectivity index (χ1v) is 7.98. The van der Waals surface area contributed by atoms with E-state index < -0.39 is 23.7 Å². The summed E-state index contributed by atoms with van der Waals surface area (Å²) in [7, 11) is 2.97. The molecule has 0 aromatic rings. The van der Waals surface area contributed by atoms with Gasteiger partial charge in [-0.25, -0.2) is 9.59 Å². The van der Waals surface area contributed by atoms with E-state index in [4.69, 9.17) is 9.84 Å². The number of hydrogen-bond donors (Lipinski definition) is 3. The zero-order valence-corrected chi connectivity index (χ0v) is 12.4. The highest BCUT2D eigenvalue weighted by molar-refractivity contribution is 8.01. The first-order valence-electron chi connectivity index (χ1n) is 5.17. The van der Waals surface area contributed by atoms with Crippen molar-refractivity contribution in [2.75, 3.05) is 6.54 Å². The molecule has 0 heterocycles. The third kappa shape index (κ3) is 9.28. The SMILES string of the molecule is CC(C)(C)OC(=O)N[C@@H](CCNPP)C(=O)O. The van der Waals surface area contributed by atoms with Gasteiger partial charge in [0.1, 0.15) is 11.6 Å². The van der Waals surface area contributed by atoms with E-state index in [9.17, 15) is 9.59 Å². The standard InChI is InChI=1S/C9H20N2O4P2/c1-9(2,3)15-8(14)11-6(7(12)13)4-5-10-17-16/h6,10,17H,4-5,16H2,1-3H3,(H,11,14)(H,12,13)/t6-/m0/s1. The molecule has 2 unspecified atom stereocenters. The molecule has 0 aromatic carbocycles. The third-order valence-electron chi connectivity index (χ3n) is 1.65. The number of nitrogens with one attached hydrogen (secondary N) is 2. The number of carbonyl (C=O) groups excluding carboxylic acids is 1. The van der Waals surface area contributed by atoms with Crippen LogP contribution in [0.15, 0.2) is 0 Å². The second-order valence-corrected chi connectivity index (χ2v) is 5.91. The van der Waals surface area contributed by atoms with Crippen LogP contribution in [0.2, 0.25) is 0 Å². The van der Waals surface area contributed by atoms with Crippen LogP contribution in [0, 0.1) is 0 Å². The molecule has 0 bridgehead atoms. The normalized spacial score (nSPS) is 13.6. The number of aliphatic carboxylic acids is 1. The Labute approximate surface area is 105 Å². The molecule has 100 valence electrons. The fourth-order valence-electron chi connectivity index (χ4n) is 0.996. The number of amides is 1. The van der Waals surface area contributed by atoms with Gasteiger partial charge in [0.05, 0.1) is 0 Å². The number of hydrogen-bond acceptors (Lipinski definition) is 4. The maximum atomic E-state index is 11.4. The predicted molar refractivity (Wildman–Crippen MR) is 71.4 cm³/mol. The molecule has 0 aromatic heterocycles. The molecule has 0 saturated heterocycles. The maximum absolute atomic E-state index is 11.4. The van der Waals surface area contributed by atoms with Crippen LogP contribution in [0.4, 0.5) is 4.79 Å². The molecule has 0 aliphatic heterocycles. The van der Waals surface area contributed by atoms with Crippen molar-refractivity contribution in [2.24, 2.45) is 0 Å². The summed E-state index contributed by atoms with van der Waals surface area (Å²) < 4.78 is 4.99. The Morgan fingerprint density at radius 2 is 2.06 bits per heavy atom. The first-order chi connectivity index (χ1) is 7.76. The molecule has 1 amide bonds. The predicted octanol–water partition coefficient (Wildman–Crippen LogP) is 1.33. The van der Waals surface area contributed by atoms with E-state index in [1.807, 2.05) is 0 Å². The largest absolute Gasteiger partial charge is 0.480 e. The van der Waals surface area contributed by atoms with Gasteiger partial charge in [0.25, 0.3) is 0 Å². The van der Waals surface area contributed by atoms with Gasteiger partial charge in [-0.2, -0.15) is 0 Å². The molecule has 0 fully saturated rings. The summed E-state index contributed by atoms with van der Waals surface area (Å²) in [4.78, 5) is 22.3. The van der Waals surface area contributed by atoms with Gasteiger partial charge in [0.15, 0.2) is 0 Å². The molecule has 0 aliphatic carbocycles. The summed E-state index contributed by atoms with van der Waals surface area (Å²) in [6.07, 6.45) is -0.395. The number of carboxylic acid groups (broad SMARTS) is 1. The minimum Gasteiger partial charge on any atom is -0.480 e. The van der Waals surface area contributed by atoms with E-state index in [2.05, 4.69) is 19.3 Å². The van der Waals surface area contributed by atoms with E-state index in [1.165, 1.54) is 0 Å². The number of carboxylic acids is 1. The van der Waals surface area contributed by atoms with Crippen molar-refractivity contribution in [3.05, 3.63) is 0 Å². The van der Waals surface area contributed by atoms with Crippen molar-refractivity contribution in [1.29, 1.82) is 0 Å². The maximum Gasteiger partial charge on any atom is 0.408 e. The topological polar surface area (TPSA) is 87.7 Å². The molecule has 8 heteroatoms. The lowest BCUT2D eigenvalue weighted by atomic mass is 10.2. The molecule has 6 nitrogen and oxygen atoms in total. The third-order valence-corrected chi connectivity index (χ3v) is 2.72. The van der Waals surface area contributed by atoms with Crippen LogP contribution < -0.4 is 10.4 Å². The van der Waals surface area contributed by atoms with Crippen LogP contribution in [-0.4, -0.2) is 35.4 Å². The van der Waals surface area contributed by atoms with Gasteiger partial charge in [0, 0.05) is 6.54 Å². The van der Waals surface area contributed by atoms with E-state index >= 15 is 0 Å². The Kier molecular flexibility index (Phi) is 7.60. The van der Waals surface area contributed by atoms with E-state index in [1.54, 1.807) is 20.8 Å². The van der Waals surface area contributed by atoms with Gasteiger partial charge in [0.2, 0.25) is 0 Å². The minimum atomic E-state index is -1.07. The number of alkyl carbamates (subject to hydrolysis) is 1. The molecular formula is C9H20N2O4P2. The van der Waals surface area contributed by atoms with E-state index in [-0.39, 0.29) is 0 Å². The minimum absolute atomic E-state index is 0.315. The van der Waals surface area contributed by atoms with Crippen molar-refractivity contribution in [2.45, 2.75) is 38.8 Å². The Bertz CT molecular complexity index is 268. The van der Waals surface area contributed by atoms with Crippen molar-refractivity contribution < 1.29 is 19.4 Å². The lowest BCUT2D eigenvalue weighted by molar-refractivity contribution is -0.139. The Morgan fingerprint density at radius 1 is 1.47 bits per heavy atom. The van der Waals surface area contributed by atoms with Crippen molar-refractivity contribution in [1.82, 2.24) is 10.4 Å². The molecule has 17 heavy (non-hydrogen) atoms. The number of ether oxygens (including phenoxy) is 1. The molecule has 3 atom stereocenters. The number of rotatable bonds is 6. The Balaban J connectivity index is 4.16. The summed E-state index contributed by atoms with van der Waals surface area (Å²) >= 11 is 0. The quantitative estimate of drug-likeness (QED) is 0.505. The van der Waals surface area contributed by atoms with Gasteiger partial charge in [-0.3, -0.25) is 5.09 Å². The molecule has 0 radical (unpaired) electrons. The van der Waals surface area contributed by atoms with Gasteiger partial charge in [-0.15, -0.1) is 0 Å². The van der Waals surface area contributed by atoms with Crippen LogP contribution in [-0.2, 0) is 9.53 Å². The highest BCUT2D eigenvalue weighted by Crippen LogP contribution is 2.13. The lowest BCUT2D eigenvalue weighted by Crippen LogP contribution is -2.44. The average Bonchev–Trinajstić information content (AvgIpc) is 2.13. The van der Waals surface area contributed by atoms with E-state index in [0.717, 1.165) is 0 Å². The van der Waals surface area contributed by atoms with Crippen molar-refractivity contribution >= 4 is 29.4 Å². The Hall–Kier alpha value is -0.440. The van der Waals surface area contributed by atoms with Crippen molar-refractivity contribution in [3.8, 4) is 0 Å². The van der Waals surface area contributed by atoms with Crippen LogP contribution in [0.25, 0.3) is 0 Å². The molecule has 0 spiro atoms. The van der Waals surface area contributed by atoms with Gasteiger partial charge >= 0.3 is 12.1 Å². The van der Waals surface area contributed by atoms with Gasteiger partial charge in [-0.1, -0.05) is 8.93 Å². The summed E-state index contributed by atoms with van der Waals surface area (Å²) in [6, 6.07) is -0.932. The lowest BCUT2D eigenvalue weighted by Gasteiger charge is -2.22. The van der Waals surface area contributed by atoms with Gasteiger partial charge in [-0.05, 0) is 35.6 Å². The summed E-state index contributed by atoms with van der Waals surface area (Å²) in [5.41, 5.74) is -0.632. The second kappa shape index (κ2) is 7.80. The number of carbonyl (C=O) groups is 2. The first kappa shape index (κ1) is 16.6. The molecule has 0 saturated carbocycles. The smallest absolute Gasteiger partial charge is 0.408 e. The zero-order valence-electron chi connectivity index (χ0n) is 10.2. The second-order valence-electron chi connectivity index (χ2n) is 4.40. The zero-order chi connectivity index (χ0) is 13.5. The van der Waals surface area contributed by atoms with Crippen LogP contribution in [0.3, 0.4) is 0 Å². The van der Waals surface area contributed by atoms with Crippen LogP contribution in [0.1, 0.15) is 27.2 Å². The van der Waals surface area contributed by atoms with Crippen LogP contribution >= 0.6 is 17.3 Å². The van der Waals surface area contributed by atoms with Crippen LogP contribution in [0.5, 0.6) is 0 Å². The monoisotopic (exact) mass is 282 g/mol. The van der Waals surface area contributed by atoms with Gasteiger partial charge < -0.3 is 15.2 Å². The highest BCUT2D eigenvalue weighted by atomic mass is 32.0.